The maximum absolute atomic E-state index is 13.2. The number of carbonyl (C=O) groups is 2. The molecule has 2 N–H and O–H groups in total. The molecule has 0 radical (unpaired) electrons. The minimum atomic E-state index is -0.812. The van der Waals surface area contributed by atoms with Crippen LogP contribution >= 0.6 is 0 Å². The number of hydrogen-bond acceptors (Lipinski definition) is 7. The van der Waals surface area contributed by atoms with Crippen molar-refractivity contribution in [3.63, 3.8) is 0 Å². The van der Waals surface area contributed by atoms with Crippen molar-refractivity contribution < 1.29 is 24.2 Å². The number of esters is 2. The summed E-state index contributed by atoms with van der Waals surface area (Å²) in [5.74, 6) is -2.04. The Morgan fingerprint density at radius 1 is 1.03 bits per heavy atom. The van der Waals surface area contributed by atoms with Gasteiger partial charge in [-0.1, -0.05) is 48.5 Å². The van der Waals surface area contributed by atoms with Crippen molar-refractivity contribution in [1.29, 1.82) is 5.26 Å². The number of phenols is 1. The van der Waals surface area contributed by atoms with Crippen molar-refractivity contribution in [2.45, 2.75) is 26.2 Å². The van der Waals surface area contributed by atoms with Crippen molar-refractivity contribution in [1.82, 2.24) is 5.32 Å². The smallest absolute Gasteiger partial charge is 0.337 e. The summed E-state index contributed by atoms with van der Waals surface area (Å²) in [6.45, 7) is 3.42. The molecule has 2 aromatic carbocycles. The molecule has 1 heterocycles. The van der Waals surface area contributed by atoms with Crippen LogP contribution in [0.3, 0.4) is 0 Å². The molecule has 0 saturated heterocycles. The van der Waals surface area contributed by atoms with Crippen LogP contribution in [0.1, 0.15) is 37.3 Å². The van der Waals surface area contributed by atoms with E-state index in [4.69, 9.17) is 14.7 Å². The third kappa shape index (κ3) is 5.93. The highest BCUT2D eigenvalue weighted by Crippen LogP contribution is 2.40. The van der Waals surface area contributed by atoms with E-state index in [2.05, 4.69) is 5.32 Å². The van der Waals surface area contributed by atoms with Crippen LogP contribution in [0.5, 0.6) is 5.75 Å². The van der Waals surface area contributed by atoms with E-state index in [0.29, 0.717) is 17.0 Å². The molecule has 174 valence electrons. The van der Waals surface area contributed by atoms with Crippen molar-refractivity contribution in [3.05, 3.63) is 94.3 Å². The Balaban J connectivity index is 1.89. The number of ether oxygens (including phenoxy) is 2. The first-order valence-corrected chi connectivity index (χ1v) is 10.8. The third-order valence-corrected chi connectivity index (χ3v) is 5.27. The first kappa shape index (κ1) is 24.3. The van der Waals surface area contributed by atoms with Crippen LogP contribution in [0, 0.1) is 11.3 Å². The van der Waals surface area contributed by atoms with Crippen molar-refractivity contribution >= 4 is 18.0 Å². The van der Waals surface area contributed by atoms with E-state index in [1.165, 1.54) is 12.1 Å². The van der Waals surface area contributed by atoms with Gasteiger partial charge in [0.05, 0.1) is 29.6 Å². The third-order valence-electron chi connectivity index (χ3n) is 5.27. The maximum atomic E-state index is 13.2. The summed E-state index contributed by atoms with van der Waals surface area (Å²) in [5, 5.41) is 21.9. The van der Waals surface area contributed by atoms with Crippen LogP contribution < -0.4 is 5.32 Å². The van der Waals surface area contributed by atoms with Crippen LogP contribution in [0.15, 0.2) is 83.2 Å². The molecule has 0 aliphatic carbocycles. The lowest BCUT2D eigenvalue weighted by Gasteiger charge is -2.30. The van der Waals surface area contributed by atoms with Gasteiger partial charge >= 0.3 is 11.9 Å². The molecule has 0 amide bonds. The highest BCUT2D eigenvalue weighted by molar-refractivity contribution is 6.00. The second-order valence-corrected chi connectivity index (χ2v) is 7.69. The highest BCUT2D eigenvalue weighted by atomic mass is 16.5. The summed E-state index contributed by atoms with van der Waals surface area (Å²) in [6, 6.07) is 17.9. The standard InChI is InChI=1S/C27H26N2O5/c1-18-23(26(31)33-15-7-11-20-9-4-3-5-10-20)25(21-12-6-13-22(30)17-21)24(19(2)29-18)27(32)34-16-8-14-28/h3-7,9-13,17,25,29-30H,8,15-16H2,1-2H3. The number of nitrogens with one attached hydrogen (secondary N) is 1. The molecule has 1 unspecified atom stereocenters. The van der Waals surface area contributed by atoms with Crippen LogP contribution in [-0.2, 0) is 19.1 Å². The van der Waals surface area contributed by atoms with Crippen LogP contribution in [0.4, 0.5) is 0 Å². The van der Waals surface area contributed by atoms with E-state index in [-0.39, 0.29) is 36.5 Å². The maximum Gasteiger partial charge on any atom is 0.337 e. The Bertz CT molecular complexity index is 1190. The number of dihydropyridines is 1. The fraction of sp³-hybridized carbons (Fsp3) is 0.222. The van der Waals surface area contributed by atoms with E-state index < -0.39 is 17.9 Å². The SMILES string of the molecule is CC1=C(C(=O)OCC=Cc2ccccc2)C(c2cccc(O)c2)C(C(=O)OCCC#N)=C(C)N1. The lowest BCUT2D eigenvalue weighted by Crippen LogP contribution is -2.32. The second-order valence-electron chi connectivity index (χ2n) is 7.69. The number of allylic oxidation sites excluding steroid dienone is 2. The van der Waals surface area contributed by atoms with Gasteiger partial charge in [-0.3, -0.25) is 0 Å². The van der Waals surface area contributed by atoms with Crippen LogP contribution in [0.2, 0.25) is 0 Å². The van der Waals surface area contributed by atoms with Gasteiger partial charge in [-0.25, -0.2) is 9.59 Å². The topological polar surface area (TPSA) is 109 Å². The average Bonchev–Trinajstić information content (AvgIpc) is 2.82. The van der Waals surface area contributed by atoms with Gasteiger partial charge in [0.1, 0.15) is 19.0 Å². The Labute approximate surface area is 198 Å². The number of carbonyl (C=O) groups excluding carboxylic acids is 2. The molecule has 0 spiro atoms. The molecule has 0 saturated carbocycles. The molecule has 1 aliphatic heterocycles. The fourth-order valence-corrected chi connectivity index (χ4v) is 3.79. The predicted octanol–water partition coefficient (Wildman–Crippen LogP) is 4.34. The molecule has 3 rings (SSSR count). The lowest BCUT2D eigenvalue weighted by atomic mass is 9.80. The van der Waals surface area contributed by atoms with Gasteiger partial charge in [0.2, 0.25) is 0 Å². The van der Waals surface area contributed by atoms with Gasteiger partial charge in [0, 0.05) is 11.4 Å². The first-order chi connectivity index (χ1) is 16.4. The molecule has 7 heteroatoms. The van der Waals surface area contributed by atoms with Crippen LogP contribution in [-0.4, -0.2) is 30.3 Å². The summed E-state index contributed by atoms with van der Waals surface area (Å²) in [5.41, 5.74) is 3.05. The van der Waals surface area contributed by atoms with Gasteiger partial charge in [-0.15, -0.1) is 0 Å². The number of benzene rings is 2. The zero-order valence-corrected chi connectivity index (χ0v) is 19.1. The zero-order chi connectivity index (χ0) is 24.5. The van der Waals surface area contributed by atoms with Gasteiger partial charge < -0.3 is 19.9 Å². The van der Waals surface area contributed by atoms with Crippen molar-refractivity contribution in [3.8, 4) is 11.8 Å². The molecule has 0 fully saturated rings. The van der Waals surface area contributed by atoms with Crippen LogP contribution in [0.25, 0.3) is 6.08 Å². The largest absolute Gasteiger partial charge is 0.508 e. The Morgan fingerprint density at radius 2 is 1.71 bits per heavy atom. The second kappa shape index (κ2) is 11.5. The number of aromatic hydroxyl groups is 1. The first-order valence-electron chi connectivity index (χ1n) is 10.8. The summed E-state index contributed by atoms with van der Waals surface area (Å²) >= 11 is 0. The number of phenolic OH excluding ortho intramolecular Hbond substituents is 1. The molecule has 0 aromatic heterocycles. The van der Waals surface area contributed by atoms with E-state index in [1.54, 1.807) is 32.1 Å². The summed E-state index contributed by atoms with van der Waals surface area (Å²) < 4.78 is 10.8. The van der Waals surface area contributed by atoms with E-state index in [9.17, 15) is 14.7 Å². The minimum Gasteiger partial charge on any atom is -0.508 e. The highest BCUT2D eigenvalue weighted by Gasteiger charge is 2.38. The van der Waals surface area contributed by atoms with Crippen molar-refractivity contribution in [2.24, 2.45) is 0 Å². The summed E-state index contributed by atoms with van der Waals surface area (Å²) in [7, 11) is 0. The number of nitriles is 1. The van der Waals surface area contributed by atoms with E-state index in [0.717, 1.165) is 5.56 Å². The summed E-state index contributed by atoms with van der Waals surface area (Å²) in [6.07, 6.45) is 3.64. The number of hydrogen-bond donors (Lipinski definition) is 2. The fourth-order valence-electron chi connectivity index (χ4n) is 3.79. The van der Waals surface area contributed by atoms with E-state index >= 15 is 0 Å². The normalized spacial score (nSPS) is 15.6. The van der Waals surface area contributed by atoms with Gasteiger partial charge in [-0.2, -0.15) is 5.26 Å². The number of nitrogens with zero attached hydrogens (tertiary/aromatic N) is 1. The van der Waals surface area contributed by atoms with Gasteiger partial charge in [0.25, 0.3) is 0 Å². The predicted molar refractivity (Wildman–Crippen MR) is 127 cm³/mol. The van der Waals surface area contributed by atoms with E-state index in [1.807, 2.05) is 42.5 Å². The lowest BCUT2D eigenvalue weighted by molar-refractivity contribution is -0.139. The van der Waals surface area contributed by atoms with Gasteiger partial charge in [-0.05, 0) is 43.2 Å². The Kier molecular flexibility index (Phi) is 8.25. The molecule has 2 aromatic rings. The molecular weight excluding hydrogens is 432 g/mol. The Morgan fingerprint density at radius 3 is 2.35 bits per heavy atom. The Hall–Kier alpha value is -4.31. The molecular formula is C27H26N2O5. The monoisotopic (exact) mass is 458 g/mol. The van der Waals surface area contributed by atoms with Crippen molar-refractivity contribution in [2.75, 3.05) is 13.2 Å². The minimum absolute atomic E-state index is 0.00190. The quantitative estimate of drug-likeness (QED) is 0.447. The zero-order valence-electron chi connectivity index (χ0n) is 19.1. The molecule has 7 nitrogen and oxygen atoms in total. The average molecular weight is 459 g/mol. The number of rotatable bonds is 8. The molecule has 0 bridgehead atoms. The molecule has 1 aliphatic rings. The molecule has 1 atom stereocenters. The summed E-state index contributed by atoms with van der Waals surface area (Å²) in [4.78, 5) is 26.2. The van der Waals surface area contributed by atoms with Gasteiger partial charge in [0.15, 0.2) is 0 Å². The molecule has 34 heavy (non-hydrogen) atoms.